The molecule has 1 unspecified atom stereocenters. The van der Waals surface area contributed by atoms with Gasteiger partial charge in [-0.2, -0.15) is 0 Å². The number of ketones is 1. The highest BCUT2D eigenvalue weighted by Gasteiger charge is 2.13. The first-order valence-electron chi connectivity index (χ1n) is 5.61. The van der Waals surface area contributed by atoms with Crippen molar-refractivity contribution in [2.45, 2.75) is 25.9 Å². The summed E-state index contributed by atoms with van der Waals surface area (Å²) in [5, 5.41) is 8.72. The molecular formula is C14H18O3. The second-order valence-corrected chi connectivity index (χ2v) is 3.96. The largest absolute Gasteiger partial charge is 0.371 e. The van der Waals surface area contributed by atoms with Crippen LogP contribution in [0.15, 0.2) is 42.5 Å². The number of benzene rings is 1. The Balaban J connectivity index is 2.49. The Morgan fingerprint density at radius 3 is 2.59 bits per heavy atom. The van der Waals surface area contributed by atoms with Crippen LogP contribution in [0.4, 0.5) is 0 Å². The predicted molar refractivity (Wildman–Crippen MR) is 66.8 cm³/mol. The van der Waals surface area contributed by atoms with E-state index in [4.69, 9.17) is 9.84 Å². The molecule has 0 aliphatic heterocycles. The topological polar surface area (TPSA) is 46.5 Å². The zero-order chi connectivity index (χ0) is 12.7. The van der Waals surface area contributed by atoms with E-state index in [1.165, 1.54) is 0 Å². The molecule has 0 saturated heterocycles. The Morgan fingerprint density at radius 2 is 2.06 bits per heavy atom. The number of Topliss-reactive ketones (excluding diaryl/α,β-unsaturated/α-hetero) is 1. The van der Waals surface area contributed by atoms with E-state index in [-0.39, 0.29) is 18.7 Å². The molecule has 0 spiro atoms. The molecule has 0 fully saturated rings. The molecule has 3 heteroatoms. The smallest absolute Gasteiger partial charge is 0.162 e. The molecule has 17 heavy (non-hydrogen) atoms. The molecule has 0 radical (unpaired) electrons. The van der Waals surface area contributed by atoms with Gasteiger partial charge in [-0.15, -0.1) is 0 Å². The monoisotopic (exact) mass is 234 g/mol. The fourth-order valence-corrected chi connectivity index (χ4v) is 1.59. The van der Waals surface area contributed by atoms with Crippen LogP contribution in [0, 0.1) is 0 Å². The van der Waals surface area contributed by atoms with Crippen molar-refractivity contribution in [3.8, 4) is 0 Å². The van der Waals surface area contributed by atoms with Crippen LogP contribution in [0.1, 0.15) is 30.1 Å². The highest BCUT2D eigenvalue weighted by Crippen LogP contribution is 2.13. The second-order valence-electron chi connectivity index (χ2n) is 3.96. The Bertz CT molecular complexity index is 370. The van der Waals surface area contributed by atoms with Crippen LogP contribution in [0.2, 0.25) is 0 Å². The molecule has 0 amide bonds. The van der Waals surface area contributed by atoms with E-state index in [0.29, 0.717) is 18.4 Å². The number of hydrogen-bond donors (Lipinski definition) is 1. The minimum atomic E-state index is -0.350. The van der Waals surface area contributed by atoms with Crippen molar-refractivity contribution >= 4 is 5.78 Å². The van der Waals surface area contributed by atoms with Crippen molar-refractivity contribution in [3.63, 3.8) is 0 Å². The van der Waals surface area contributed by atoms with E-state index in [0.717, 1.165) is 5.57 Å². The van der Waals surface area contributed by atoms with Gasteiger partial charge in [0.2, 0.25) is 0 Å². The predicted octanol–water partition coefficient (Wildman–Crippen LogP) is 2.56. The molecule has 1 aromatic rings. The molecule has 0 heterocycles. The van der Waals surface area contributed by atoms with Gasteiger partial charge in [-0.25, -0.2) is 0 Å². The van der Waals surface area contributed by atoms with Gasteiger partial charge >= 0.3 is 0 Å². The molecule has 1 atom stereocenters. The minimum absolute atomic E-state index is 0.0818. The lowest BCUT2D eigenvalue weighted by Gasteiger charge is -2.15. The van der Waals surface area contributed by atoms with Gasteiger partial charge in [-0.1, -0.05) is 42.5 Å². The van der Waals surface area contributed by atoms with Gasteiger partial charge in [-0.3, -0.25) is 4.79 Å². The van der Waals surface area contributed by atoms with E-state index in [9.17, 15) is 4.79 Å². The van der Waals surface area contributed by atoms with Crippen LogP contribution in [0.25, 0.3) is 0 Å². The summed E-state index contributed by atoms with van der Waals surface area (Å²) in [6, 6.07) is 9.15. The quantitative estimate of drug-likeness (QED) is 0.448. The number of ether oxygens (including phenoxy) is 1. The molecule has 0 bridgehead atoms. The molecule has 0 aromatic heterocycles. The average molecular weight is 234 g/mol. The summed E-state index contributed by atoms with van der Waals surface area (Å²) in [4.78, 5) is 11.8. The maximum absolute atomic E-state index is 11.8. The molecular weight excluding hydrogens is 216 g/mol. The first kappa shape index (κ1) is 13.6. The van der Waals surface area contributed by atoms with Gasteiger partial charge in [0, 0.05) is 12.0 Å². The normalized spacial score (nSPS) is 12.1. The van der Waals surface area contributed by atoms with E-state index in [1.54, 1.807) is 12.1 Å². The Kier molecular flexibility index (Phi) is 5.60. The lowest BCUT2D eigenvalue weighted by molar-refractivity contribution is -0.0377. The average Bonchev–Trinajstić information content (AvgIpc) is 2.34. The van der Waals surface area contributed by atoms with Gasteiger partial charge in [0.1, 0.15) is 6.79 Å². The maximum Gasteiger partial charge on any atom is 0.162 e. The fraction of sp³-hybridized carbons (Fsp3) is 0.357. The van der Waals surface area contributed by atoms with E-state index < -0.39 is 0 Å². The minimum Gasteiger partial charge on any atom is -0.371 e. The number of aliphatic hydroxyl groups excluding tert-OH is 1. The van der Waals surface area contributed by atoms with Gasteiger partial charge in [-0.05, 0) is 13.3 Å². The van der Waals surface area contributed by atoms with Crippen molar-refractivity contribution in [2.24, 2.45) is 0 Å². The van der Waals surface area contributed by atoms with Crippen molar-refractivity contribution in [2.75, 3.05) is 6.79 Å². The number of carbonyl (C=O) groups is 1. The molecule has 1 rings (SSSR count). The number of rotatable bonds is 7. The molecule has 0 aliphatic carbocycles. The van der Waals surface area contributed by atoms with Gasteiger partial charge in [0.05, 0.1) is 6.10 Å². The summed E-state index contributed by atoms with van der Waals surface area (Å²) < 4.78 is 5.09. The van der Waals surface area contributed by atoms with Crippen molar-refractivity contribution in [1.82, 2.24) is 0 Å². The van der Waals surface area contributed by atoms with Crippen molar-refractivity contribution in [3.05, 3.63) is 48.0 Å². The van der Waals surface area contributed by atoms with Gasteiger partial charge in [0.25, 0.3) is 0 Å². The summed E-state index contributed by atoms with van der Waals surface area (Å²) >= 11 is 0. The first-order valence-corrected chi connectivity index (χ1v) is 5.61. The molecule has 1 N–H and O–H groups in total. The summed E-state index contributed by atoms with van der Waals surface area (Å²) in [5.41, 5.74) is 1.52. The third-order valence-electron chi connectivity index (χ3n) is 2.55. The standard InChI is InChI=1S/C14H18O3/c1-11(2)14(17-10-15)9-8-13(16)12-6-4-3-5-7-12/h3-7,14-15H,1,8-10H2,2H3. The Labute approximate surface area is 102 Å². The summed E-state index contributed by atoms with van der Waals surface area (Å²) in [7, 11) is 0. The summed E-state index contributed by atoms with van der Waals surface area (Å²) in [6.45, 7) is 5.25. The van der Waals surface area contributed by atoms with Crippen LogP contribution in [-0.4, -0.2) is 23.8 Å². The van der Waals surface area contributed by atoms with Crippen molar-refractivity contribution in [1.29, 1.82) is 0 Å². The lowest BCUT2D eigenvalue weighted by Crippen LogP contribution is -2.16. The summed E-state index contributed by atoms with van der Waals surface area (Å²) in [5.74, 6) is 0.0818. The molecule has 0 aliphatic rings. The first-order chi connectivity index (χ1) is 8.15. The molecule has 3 nitrogen and oxygen atoms in total. The maximum atomic E-state index is 11.8. The highest BCUT2D eigenvalue weighted by atomic mass is 16.6. The molecule has 92 valence electrons. The number of carbonyl (C=O) groups excluding carboxylic acids is 1. The van der Waals surface area contributed by atoms with Crippen LogP contribution in [0.5, 0.6) is 0 Å². The highest BCUT2D eigenvalue weighted by molar-refractivity contribution is 5.95. The zero-order valence-electron chi connectivity index (χ0n) is 10.1. The third kappa shape index (κ3) is 4.51. The molecule has 0 saturated carbocycles. The van der Waals surface area contributed by atoms with Crippen LogP contribution >= 0.6 is 0 Å². The Hall–Kier alpha value is -1.45. The van der Waals surface area contributed by atoms with Gasteiger partial charge in [0.15, 0.2) is 5.78 Å². The second kappa shape index (κ2) is 6.99. The summed E-state index contributed by atoms with van der Waals surface area (Å²) in [6.07, 6.45) is 0.679. The zero-order valence-corrected chi connectivity index (χ0v) is 10.1. The fourth-order valence-electron chi connectivity index (χ4n) is 1.59. The third-order valence-corrected chi connectivity index (χ3v) is 2.55. The number of aliphatic hydroxyl groups is 1. The SMILES string of the molecule is C=C(C)C(CCC(=O)c1ccccc1)OCO. The van der Waals surface area contributed by atoms with Gasteiger partial charge < -0.3 is 9.84 Å². The van der Waals surface area contributed by atoms with Crippen LogP contribution in [0.3, 0.4) is 0 Å². The number of hydrogen-bond acceptors (Lipinski definition) is 3. The Morgan fingerprint density at radius 1 is 1.41 bits per heavy atom. The lowest BCUT2D eigenvalue weighted by atomic mass is 10.0. The van der Waals surface area contributed by atoms with Crippen molar-refractivity contribution < 1.29 is 14.6 Å². The van der Waals surface area contributed by atoms with E-state index >= 15 is 0 Å². The molecule has 1 aromatic carbocycles. The van der Waals surface area contributed by atoms with Crippen LogP contribution < -0.4 is 0 Å². The van der Waals surface area contributed by atoms with E-state index in [2.05, 4.69) is 6.58 Å². The van der Waals surface area contributed by atoms with Crippen LogP contribution in [-0.2, 0) is 4.74 Å². The van der Waals surface area contributed by atoms with E-state index in [1.807, 2.05) is 25.1 Å².